The van der Waals surface area contributed by atoms with Crippen LogP contribution in [0, 0.1) is 5.92 Å². The van der Waals surface area contributed by atoms with E-state index in [2.05, 4.69) is 0 Å². The van der Waals surface area contributed by atoms with Gasteiger partial charge in [-0.25, -0.2) is 0 Å². The van der Waals surface area contributed by atoms with Gasteiger partial charge in [0.05, 0.1) is 15.6 Å². The first-order valence-electron chi connectivity index (χ1n) is 6.07. The Morgan fingerprint density at radius 3 is 2.53 bits per heavy atom. The average Bonchev–Trinajstić information content (AvgIpc) is 2.41. The third-order valence-electron chi connectivity index (χ3n) is 3.42. The molecule has 106 valence electrons. The van der Waals surface area contributed by atoms with E-state index in [0.717, 1.165) is 25.9 Å². The maximum absolute atomic E-state index is 12.3. The second-order valence-corrected chi connectivity index (χ2v) is 5.36. The predicted molar refractivity (Wildman–Crippen MR) is 81.4 cm³/mol. The zero-order valence-corrected chi connectivity index (χ0v) is 12.8. The number of likely N-dealkylation sites (tertiary alicyclic amines) is 1. The number of piperidine rings is 1. The van der Waals surface area contributed by atoms with E-state index in [1.165, 1.54) is 0 Å². The molecule has 0 aromatic heterocycles. The monoisotopic (exact) mass is 322 g/mol. The number of hydrogen-bond acceptors (Lipinski definition) is 2. The molecule has 2 N–H and O–H groups in total. The van der Waals surface area contributed by atoms with Gasteiger partial charge < -0.3 is 10.6 Å². The van der Waals surface area contributed by atoms with Crippen molar-refractivity contribution in [3.05, 3.63) is 33.8 Å². The van der Waals surface area contributed by atoms with Crippen LogP contribution in [0.3, 0.4) is 0 Å². The van der Waals surface area contributed by atoms with Crippen LogP contribution in [0.4, 0.5) is 0 Å². The number of benzene rings is 1. The lowest BCUT2D eigenvalue weighted by molar-refractivity contribution is 0.0693. The Balaban J connectivity index is 0.00000180. The van der Waals surface area contributed by atoms with E-state index >= 15 is 0 Å². The van der Waals surface area contributed by atoms with Crippen molar-refractivity contribution in [2.75, 3.05) is 19.6 Å². The van der Waals surface area contributed by atoms with Gasteiger partial charge in [0.15, 0.2) is 0 Å². The molecule has 1 fully saturated rings. The fraction of sp³-hybridized carbons (Fsp3) is 0.462. The number of nitrogens with two attached hydrogens (primary N) is 1. The summed E-state index contributed by atoms with van der Waals surface area (Å²) in [5.74, 6) is 0.488. The summed E-state index contributed by atoms with van der Waals surface area (Å²) in [4.78, 5) is 14.1. The quantitative estimate of drug-likeness (QED) is 0.908. The van der Waals surface area contributed by atoms with Crippen molar-refractivity contribution in [3.63, 3.8) is 0 Å². The molecule has 1 aliphatic heterocycles. The highest BCUT2D eigenvalue weighted by Gasteiger charge is 2.24. The van der Waals surface area contributed by atoms with Gasteiger partial charge in [-0.2, -0.15) is 0 Å². The maximum Gasteiger partial charge on any atom is 0.255 e. The van der Waals surface area contributed by atoms with Gasteiger partial charge in [-0.15, -0.1) is 12.4 Å². The lowest BCUT2D eigenvalue weighted by Crippen LogP contribution is -2.40. The fourth-order valence-electron chi connectivity index (χ4n) is 2.21. The summed E-state index contributed by atoms with van der Waals surface area (Å²) in [5.41, 5.74) is 6.12. The average molecular weight is 324 g/mol. The number of carbonyl (C=O) groups is 1. The Bertz CT molecular complexity index is 446. The number of hydrogen-bond donors (Lipinski definition) is 1. The summed E-state index contributed by atoms with van der Waals surface area (Å²) in [5, 5.41) is 0.754. The van der Waals surface area contributed by atoms with Gasteiger partial charge in [0.1, 0.15) is 0 Å². The second-order valence-electron chi connectivity index (χ2n) is 4.57. The minimum Gasteiger partial charge on any atom is -0.339 e. The Morgan fingerprint density at radius 2 is 1.95 bits per heavy atom. The molecule has 1 saturated heterocycles. The molecular weight excluding hydrogens is 307 g/mol. The summed E-state index contributed by atoms with van der Waals surface area (Å²) >= 11 is 12.0. The minimum atomic E-state index is -0.0435. The molecule has 1 amide bonds. The largest absolute Gasteiger partial charge is 0.339 e. The number of rotatable bonds is 2. The molecule has 0 saturated carbocycles. The van der Waals surface area contributed by atoms with Gasteiger partial charge in [-0.05, 0) is 37.4 Å². The summed E-state index contributed by atoms with van der Waals surface area (Å²) in [6.07, 6.45) is 1.92. The molecule has 0 aliphatic carbocycles. The fourth-order valence-corrected chi connectivity index (χ4v) is 2.59. The SMILES string of the molecule is Cl.NCC1CCN(C(=O)c2cccc(Cl)c2Cl)CC1. The zero-order valence-electron chi connectivity index (χ0n) is 10.4. The van der Waals surface area contributed by atoms with E-state index < -0.39 is 0 Å². The Morgan fingerprint density at radius 1 is 1.32 bits per heavy atom. The van der Waals surface area contributed by atoms with Gasteiger partial charge in [0.25, 0.3) is 5.91 Å². The number of carbonyl (C=O) groups excluding carboxylic acids is 1. The Hall–Kier alpha value is -0.480. The molecule has 0 bridgehead atoms. The van der Waals surface area contributed by atoms with E-state index in [1.807, 2.05) is 4.90 Å². The Kier molecular flexibility index (Phi) is 6.40. The van der Waals surface area contributed by atoms with Crippen LogP contribution in [-0.4, -0.2) is 30.4 Å². The van der Waals surface area contributed by atoms with Crippen LogP contribution in [0.15, 0.2) is 18.2 Å². The molecule has 3 nitrogen and oxygen atoms in total. The first-order chi connectivity index (χ1) is 8.63. The molecule has 1 aliphatic rings. The lowest BCUT2D eigenvalue weighted by Gasteiger charge is -2.31. The highest BCUT2D eigenvalue weighted by atomic mass is 35.5. The van der Waals surface area contributed by atoms with E-state index in [-0.39, 0.29) is 18.3 Å². The van der Waals surface area contributed by atoms with Crippen LogP contribution in [-0.2, 0) is 0 Å². The van der Waals surface area contributed by atoms with Gasteiger partial charge in [-0.1, -0.05) is 29.3 Å². The first-order valence-corrected chi connectivity index (χ1v) is 6.82. The third kappa shape index (κ3) is 3.76. The molecule has 19 heavy (non-hydrogen) atoms. The molecule has 0 unspecified atom stereocenters. The van der Waals surface area contributed by atoms with Crippen LogP contribution in [0.1, 0.15) is 23.2 Å². The van der Waals surface area contributed by atoms with Gasteiger partial charge in [-0.3, -0.25) is 4.79 Å². The molecule has 1 aromatic rings. The maximum atomic E-state index is 12.3. The smallest absolute Gasteiger partial charge is 0.255 e. The topological polar surface area (TPSA) is 46.3 Å². The molecule has 1 aromatic carbocycles. The predicted octanol–water partition coefficient (Wildman–Crippen LogP) is 3.23. The molecule has 2 rings (SSSR count). The summed E-state index contributed by atoms with van der Waals surface area (Å²) in [6.45, 7) is 2.17. The van der Waals surface area contributed by atoms with Gasteiger partial charge >= 0.3 is 0 Å². The highest BCUT2D eigenvalue weighted by molar-refractivity contribution is 6.43. The summed E-state index contributed by atoms with van der Waals surface area (Å²) < 4.78 is 0. The van der Waals surface area contributed by atoms with Crippen molar-refractivity contribution >= 4 is 41.5 Å². The van der Waals surface area contributed by atoms with E-state index in [1.54, 1.807) is 18.2 Å². The molecule has 0 spiro atoms. The summed E-state index contributed by atoms with van der Waals surface area (Å²) in [7, 11) is 0. The van der Waals surface area contributed by atoms with Crippen molar-refractivity contribution in [2.24, 2.45) is 11.7 Å². The van der Waals surface area contributed by atoms with E-state index in [0.29, 0.717) is 28.1 Å². The van der Waals surface area contributed by atoms with Crippen molar-refractivity contribution in [2.45, 2.75) is 12.8 Å². The standard InChI is InChI=1S/C13H16Cl2N2O.ClH/c14-11-3-1-2-10(12(11)15)13(18)17-6-4-9(8-16)5-7-17;/h1-3,9H,4-8,16H2;1H. The third-order valence-corrected chi connectivity index (χ3v) is 4.24. The molecule has 1 heterocycles. The highest BCUT2D eigenvalue weighted by Crippen LogP contribution is 2.27. The first kappa shape index (κ1) is 16.6. The van der Waals surface area contributed by atoms with E-state index in [4.69, 9.17) is 28.9 Å². The molecular formula is C13H17Cl3N2O. The van der Waals surface area contributed by atoms with Crippen molar-refractivity contribution < 1.29 is 4.79 Å². The molecule has 0 radical (unpaired) electrons. The number of nitrogens with zero attached hydrogens (tertiary/aromatic N) is 1. The number of amides is 1. The summed E-state index contributed by atoms with van der Waals surface area (Å²) in [6, 6.07) is 5.14. The van der Waals surface area contributed by atoms with E-state index in [9.17, 15) is 4.79 Å². The van der Waals surface area contributed by atoms with Crippen LogP contribution in [0.5, 0.6) is 0 Å². The van der Waals surface area contributed by atoms with Crippen LogP contribution in [0.25, 0.3) is 0 Å². The van der Waals surface area contributed by atoms with Crippen LogP contribution in [0.2, 0.25) is 10.0 Å². The lowest BCUT2D eigenvalue weighted by atomic mass is 9.96. The van der Waals surface area contributed by atoms with Gasteiger partial charge in [0, 0.05) is 13.1 Å². The minimum absolute atomic E-state index is 0. The van der Waals surface area contributed by atoms with Crippen molar-refractivity contribution in [1.82, 2.24) is 4.90 Å². The van der Waals surface area contributed by atoms with Crippen LogP contribution < -0.4 is 5.73 Å². The number of halogens is 3. The normalized spacial score (nSPS) is 16.1. The Labute approximate surface area is 129 Å². The van der Waals surface area contributed by atoms with Crippen molar-refractivity contribution in [1.29, 1.82) is 0 Å². The van der Waals surface area contributed by atoms with Crippen molar-refractivity contribution in [3.8, 4) is 0 Å². The molecule has 6 heteroatoms. The zero-order chi connectivity index (χ0) is 13.1. The van der Waals surface area contributed by atoms with Crippen LogP contribution >= 0.6 is 35.6 Å². The second kappa shape index (κ2) is 7.34. The van der Waals surface area contributed by atoms with Gasteiger partial charge in [0.2, 0.25) is 0 Å². The molecule has 0 atom stereocenters.